The highest BCUT2D eigenvalue weighted by Crippen LogP contribution is 2.45. The van der Waals surface area contributed by atoms with Crippen molar-refractivity contribution in [3.63, 3.8) is 0 Å². The molecule has 1 amide bonds. The summed E-state index contributed by atoms with van der Waals surface area (Å²) in [5.74, 6) is -0.142. The number of halogens is 3. The first kappa shape index (κ1) is 21.7. The topological polar surface area (TPSA) is 94.4 Å². The van der Waals surface area contributed by atoms with E-state index in [-0.39, 0.29) is 24.8 Å². The molecule has 3 rings (SSSR count). The Balaban J connectivity index is 1.93. The zero-order valence-corrected chi connectivity index (χ0v) is 18.3. The maximum absolute atomic E-state index is 12.7. The van der Waals surface area contributed by atoms with Gasteiger partial charge in [-0.1, -0.05) is 46.6 Å². The number of thiophene rings is 1. The van der Waals surface area contributed by atoms with E-state index in [1.165, 1.54) is 31.6 Å². The van der Waals surface area contributed by atoms with Crippen LogP contribution in [-0.2, 0) is 0 Å². The maximum Gasteiger partial charge on any atom is 0.294 e. The van der Waals surface area contributed by atoms with E-state index in [9.17, 15) is 14.9 Å². The first-order valence-corrected chi connectivity index (χ1v) is 10.5. The minimum absolute atomic E-state index is 0.127. The van der Waals surface area contributed by atoms with Gasteiger partial charge in [0.1, 0.15) is 14.8 Å². The number of rotatable bonds is 6. The summed E-state index contributed by atoms with van der Waals surface area (Å²) >= 11 is 20.1. The number of pyridine rings is 1. The molecule has 0 atom stereocenters. The Kier molecular flexibility index (Phi) is 6.86. The molecular formula is C17H10Cl3N3O4S2. The molecule has 0 radical (unpaired) electrons. The van der Waals surface area contributed by atoms with Gasteiger partial charge < -0.3 is 10.1 Å². The van der Waals surface area contributed by atoms with Gasteiger partial charge in [0, 0.05) is 23.5 Å². The first-order valence-electron chi connectivity index (χ1n) is 7.70. The Morgan fingerprint density at radius 3 is 2.55 bits per heavy atom. The van der Waals surface area contributed by atoms with Crippen molar-refractivity contribution >= 4 is 75.2 Å². The van der Waals surface area contributed by atoms with Crippen LogP contribution in [0.5, 0.6) is 5.75 Å². The average Bonchev–Trinajstić information content (AvgIpc) is 3.09. The molecule has 0 unspecified atom stereocenters. The van der Waals surface area contributed by atoms with Crippen molar-refractivity contribution in [2.24, 2.45) is 0 Å². The van der Waals surface area contributed by atoms with Crippen LogP contribution in [0.15, 0.2) is 45.8 Å². The summed E-state index contributed by atoms with van der Waals surface area (Å²) in [6.45, 7) is 0. The Morgan fingerprint density at radius 2 is 1.93 bits per heavy atom. The summed E-state index contributed by atoms with van der Waals surface area (Å²) in [4.78, 5) is 28.0. The average molecular weight is 491 g/mol. The molecule has 1 N–H and O–H groups in total. The van der Waals surface area contributed by atoms with E-state index in [0.717, 1.165) is 23.1 Å². The van der Waals surface area contributed by atoms with Gasteiger partial charge in [0.25, 0.3) is 11.6 Å². The molecular weight excluding hydrogens is 481 g/mol. The van der Waals surface area contributed by atoms with Crippen LogP contribution in [0.25, 0.3) is 0 Å². The van der Waals surface area contributed by atoms with Crippen LogP contribution in [0.4, 0.5) is 11.4 Å². The number of aromatic nitrogens is 1. The van der Waals surface area contributed by atoms with E-state index in [0.29, 0.717) is 21.4 Å². The molecule has 3 aromatic rings. The second kappa shape index (κ2) is 9.19. The third kappa shape index (κ3) is 4.93. The predicted octanol–water partition coefficient (Wildman–Crippen LogP) is 6.42. The Bertz CT molecular complexity index is 1090. The summed E-state index contributed by atoms with van der Waals surface area (Å²) in [5, 5.41) is 15.0. The summed E-state index contributed by atoms with van der Waals surface area (Å²) in [7, 11) is 1.45. The van der Waals surface area contributed by atoms with E-state index in [1.54, 1.807) is 12.1 Å². The molecule has 0 saturated carbocycles. The van der Waals surface area contributed by atoms with Gasteiger partial charge in [-0.2, -0.15) is 0 Å². The zero-order valence-electron chi connectivity index (χ0n) is 14.4. The van der Waals surface area contributed by atoms with Crippen molar-refractivity contribution in [1.29, 1.82) is 0 Å². The number of nitrogens with zero attached hydrogens (tertiary/aromatic N) is 2. The van der Waals surface area contributed by atoms with Crippen LogP contribution < -0.4 is 10.1 Å². The van der Waals surface area contributed by atoms with Crippen LogP contribution >= 0.6 is 57.9 Å². The lowest BCUT2D eigenvalue weighted by Gasteiger charge is -2.09. The fourth-order valence-corrected chi connectivity index (χ4v) is 5.16. The number of nitrogens with one attached hydrogen (secondary N) is 1. The lowest BCUT2D eigenvalue weighted by Crippen LogP contribution is -2.11. The third-order valence-electron chi connectivity index (χ3n) is 3.51. The minimum Gasteiger partial charge on any atom is -0.495 e. The standard InChI is InChI=1S/C17H10Cl3N3O4S2/c1-27-13-3-2-8(18)4-11(13)22-16(24)14-5-12(23(25)26)17(28-14)29-15-9(19)6-21-7-10(15)20/h2-7H,1H3,(H,22,24). The number of hydrogen-bond donors (Lipinski definition) is 1. The number of benzene rings is 1. The number of carbonyl (C=O) groups excluding carboxylic acids is 1. The lowest BCUT2D eigenvalue weighted by molar-refractivity contribution is -0.387. The van der Waals surface area contributed by atoms with E-state index in [4.69, 9.17) is 39.5 Å². The molecule has 150 valence electrons. The molecule has 2 heterocycles. The number of amides is 1. The predicted molar refractivity (Wildman–Crippen MR) is 115 cm³/mol. The van der Waals surface area contributed by atoms with Gasteiger partial charge >= 0.3 is 0 Å². The third-order valence-corrected chi connectivity index (χ3v) is 7.00. The molecule has 0 aliphatic rings. The van der Waals surface area contributed by atoms with Gasteiger partial charge in [0.2, 0.25) is 0 Å². The monoisotopic (exact) mass is 489 g/mol. The Labute approximate surface area is 188 Å². The normalized spacial score (nSPS) is 10.6. The van der Waals surface area contributed by atoms with Gasteiger partial charge in [-0.05, 0) is 18.2 Å². The van der Waals surface area contributed by atoms with Crippen LogP contribution in [0.3, 0.4) is 0 Å². The number of hydrogen-bond acceptors (Lipinski definition) is 7. The van der Waals surface area contributed by atoms with E-state index >= 15 is 0 Å². The first-order chi connectivity index (χ1) is 13.8. The van der Waals surface area contributed by atoms with Crippen LogP contribution in [0, 0.1) is 10.1 Å². The smallest absolute Gasteiger partial charge is 0.294 e. The van der Waals surface area contributed by atoms with Gasteiger partial charge in [-0.15, -0.1) is 11.3 Å². The molecule has 2 aromatic heterocycles. The molecule has 0 spiro atoms. The van der Waals surface area contributed by atoms with E-state index < -0.39 is 10.8 Å². The summed E-state index contributed by atoms with van der Waals surface area (Å²) in [5.41, 5.74) is 0.114. The highest BCUT2D eigenvalue weighted by molar-refractivity contribution is 8.01. The SMILES string of the molecule is COc1ccc(Cl)cc1NC(=O)c1cc([N+](=O)[O-])c(Sc2c(Cl)cncc2Cl)s1. The number of anilines is 1. The van der Waals surface area contributed by atoms with Crippen molar-refractivity contribution in [3.8, 4) is 5.75 Å². The van der Waals surface area contributed by atoms with Crippen LogP contribution in [0.2, 0.25) is 15.1 Å². The highest BCUT2D eigenvalue weighted by Gasteiger charge is 2.25. The second-order valence-corrected chi connectivity index (χ2v) is 8.96. The molecule has 1 aromatic carbocycles. The molecule has 0 aliphatic carbocycles. The van der Waals surface area contributed by atoms with Gasteiger partial charge in [-0.3, -0.25) is 19.9 Å². The summed E-state index contributed by atoms with van der Waals surface area (Å²) in [6.07, 6.45) is 2.77. The van der Waals surface area contributed by atoms with Crippen molar-refractivity contribution in [2.45, 2.75) is 9.10 Å². The fraction of sp³-hybridized carbons (Fsp3) is 0.0588. The molecule has 0 fully saturated rings. The van der Waals surface area contributed by atoms with Crippen LogP contribution in [0.1, 0.15) is 9.67 Å². The molecule has 0 saturated heterocycles. The fourth-order valence-electron chi connectivity index (χ4n) is 2.23. The minimum atomic E-state index is -0.571. The number of methoxy groups -OCH3 is 1. The Hall–Kier alpha value is -2.04. The van der Waals surface area contributed by atoms with E-state index in [1.807, 2.05) is 0 Å². The quantitative estimate of drug-likeness (QED) is 0.316. The number of carbonyl (C=O) groups is 1. The summed E-state index contributed by atoms with van der Waals surface area (Å²) < 4.78 is 5.45. The second-order valence-electron chi connectivity index (χ2n) is 5.37. The Morgan fingerprint density at radius 1 is 1.24 bits per heavy atom. The highest BCUT2D eigenvalue weighted by atomic mass is 35.5. The zero-order chi connectivity index (χ0) is 21.1. The van der Waals surface area contributed by atoms with Crippen molar-refractivity contribution in [3.05, 3.63) is 66.7 Å². The lowest BCUT2D eigenvalue weighted by atomic mass is 10.3. The largest absolute Gasteiger partial charge is 0.495 e. The molecule has 12 heteroatoms. The van der Waals surface area contributed by atoms with E-state index in [2.05, 4.69) is 10.3 Å². The maximum atomic E-state index is 12.7. The van der Waals surface area contributed by atoms with Gasteiger partial charge in [-0.25, -0.2) is 0 Å². The molecule has 29 heavy (non-hydrogen) atoms. The number of ether oxygens (including phenoxy) is 1. The molecule has 0 bridgehead atoms. The van der Waals surface area contributed by atoms with Crippen molar-refractivity contribution < 1.29 is 14.5 Å². The van der Waals surface area contributed by atoms with Crippen molar-refractivity contribution in [1.82, 2.24) is 4.98 Å². The van der Waals surface area contributed by atoms with Gasteiger partial charge in [0.05, 0.1) is 32.7 Å². The number of nitro groups is 1. The van der Waals surface area contributed by atoms with Crippen molar-refractivity contribution in [2.75, 3.05) is 12.4 Å². The van der Waals surface area contributed by atoms with Gasteiger partial charge in [0.15, 0.2) is 0 Å². The molecule has 0 aliphatic heterocycles. The molecule has 7 nitrogen and oxygen atoms in total. The summed E-state index contributed by atoms with van der Waals surface area (Å²) in [6, 6.07) is 5.93. The van der Waals surface area contributed by atoms with Crippen LogP contribution in [-0.4, -0.2) is 22.9 Å².